The number of rotatable bonds is 4. The minimum atomic E-state index is -2.52. The largest absolute Gasteiger partial charge is 0.415 e. The van der Waals surface area contributed by atoms with Crippen LogP contribution in [-0.2, 0) is 4.43 Å². The molecule has 2 unspecified atom stereocenters. The Labute approximate surface area is 86.5 Å². The molecule has 0 heterocycles. The molecule has 0 fully saturated rings. The van der Waals surface area contributed by atoms with Crippen molar-refractivity contribution in [1.29, 1.82) is 0 Å². The lowest BCUT2D eigenvalue weighted by Crippen LogP contribution is -2.50. The summed E-state index contributed by atoms with van der Waals surface area (Å²) < 4.78 is 30.5. The lowest BCUT2D eigenvalue weighted by atomic mass is 9.85. The third kappa shape index (κ3) is 4.48. The van der Waals surface area contributed by atoms with Gasteiger partial charge in [0, 0.05) is 0 Å². The Kier molecular flexibility index (Phi) is 5.18. The van der Waals surface area contributed by atoms with Crippen LogP contribution in [0.5, 0.6) is 0 Å². The lowest BCUT2D eigenvalue weighted by molar-refractivity contribution is -0.00461. The summed E-state index contributed by atoms with van der Waals surface area (Å²) in [6.45, 7) is 9.53. The van der Waals surface area contributed by atoms with Crippen LogP contribution in [0.15, 0.2) is 0 Å². The molecule has 0 bridgehead atoms. The van der Waals surface area contributed by atoms with Crippen LogP contribution in [0.3, 0.4) is 0 Å². The standard InChI is InChI=1S/C9H21F2NOSi/c1-9(2,3)7(13-14(4)5)6(12)8(10)11/h6-8,14H,12H2,1-5H3. The highest BCUT2D eigenvalue weighted by molar-refractivity contribution is 6.48. The molecule has 0 saturated carbocycles. The van der Waals surface area contributed by atoms with Crippen molar-refractivity contribution >= 4 is 9.04 Å². The lowest BCUT2D eigenvalue weighted by Gasteiger charge is -2.36. The maximum absolute atomic E-state index is 12.5. The first-order chi connectivity index (χ1) is 6.16. The van der Waals surface area contributed by atoms with Gasteiger partial charge in [0.15, 0.2) is 9.04 Å². The second-order valence-corrected chi connectivity index (χ2v) is 7.25. The van der Waals surface area contributed by atoms with Gasteiger partial charge in [0.2, 0.25) is 0 Å². The van der Waals surface area contributed by atoms with Gasteiger partial charge in [0.25, 0.3) is 6.43 Å². The zero-order valence-electron chi connectivity index (χ0n) is 9.55. The van der Waals surface area contributed by atoms with Crippen LogP contribution in [0.25, 0.3) is 0 Å². The van der Waals surface area contributed by atoms with Gasteiger partial charge in [0.05, 0.1) is 12.1 Å². The molecule has 5 heteroatoms. The van der Waals surface area contributed by atoms with Crippen LogP contribution in [0.1, 0.15) is 20.8 Å². The molecule has 2 atom stereocenters. The third-order valence-electron chi connectivity index (χ3n) is 1.91. The van der Waals surface area contributed by atoms with E-state index >= 15 is 0 Å². The molecular formula is C9H21F2NOSi. The molecule has 0 aliphatic rings. The van der Waals surface area contributed by atoms with Gasteiger partial charge in [0.1, 0.15) is 0 Å². The Morgan fingerprint density at radius 1 is 1.21 bits per heavy atom. The van der Waals surface area contributed by atoms with Crippen LogP contribution >= 0.6 is 0 Å². The van der Waals surface area contributed by atoms with Gasteiger partial charge in [-0.2, -0.15) is 0 Å². The fraction of sp³-hybridized carbons (Fsp3) is 1.00. The van der Waals surface area contributed by atoms with Crippen molar-refractivity contribution in [3.8, 4) is 0 Å². The molecule has 0 saturated heterocycles. The van der Waals surface area contributed by atoms with Crippen molar-refractivity contribution in [1.82, 2.24) is 0 Å². The summed E-state index contributed by atoms with van der Waals surface area (Å²) in [6.07, 6.45) is -3.08. The fourth-order valence-electron chi connectivity index (χ4n) is 1.30. The number of halogens is 2. The van der Waals surface area contributed by atoms with E-state index in [1.165, 1.54) is 0 Å². The van der Waals surface area contributed by atoms with E-state index in [1.54, 1.807) is 0 Å². The Balaban J connectivity index is 4.56. The van der Waals surface area contributed by atoms with E-state index < -0.39 is 27.6 Å². The Hall–Kier alpha value is -0.00312. The predicted octanol–water partition coefficient (Wildman–Crippen LogP) is 1.99. The van der Waals surface area contributed by atoms with Crippen LogP contribution < -0.4 is 5.73 Å². The molecule has 0 aliphatic carbocycles. The first-order valence-electron chi connectivity index (χ1n) is 4.85. The fourth-order valence-corrected chi connectivity index (χ4v) is 2.47. The van der Waals surface area contributed by atoms with Gasteiger partial charge in [-0.25, -0.2) is 8.78 Å². The van der Waals surface area contributed by atoms with E-state index in [2.05, 4.69) is 0 Å². The summed E-state index contributed by atoms with van der Waals surface area (Å²) in [7, 11) is -1.34. The number of hydrogen-bond acceptors (Lipinski definition) is 2. The van der Waals surface area contributed by atoms with E-state index in [0.717, 1.165) is 0 Å². The molecule has 0 aromatic carbocycles. The molecule has 0 spiro atoms. The van der Waals surface area contributed by atoms with E-state index in [9.17, 15) is 8.78 Å². The van der Waals surface area contributed by atoms with Gasteiger partial charge < -0.3 is 10.2 Å². The molecule has 86 valence electrons. The summed E-state index contributed by atoms with van der Waals surface area (Å²) in [4.78, 5) is 0. The number of nitrogens with two attached hydrogens (primary N) is 1. The molecule has 0 radical (unpaired) electrons. The first kappa shape index (κ1) is 14.0. The molecule has 0 amide bonds. The van der Waals surface area contributed by atoms with E-state index in [1.807, 2.05) is 33.9 Å². The minimum Gasteiger partial charge on any atom is -0.415 e. The Morgan fingerprint density at radius 3 is 1.86 bits per heavy atom. The van der Waals surface area contributed by atoms with Crippen LogP contribution in [-0.4, -0.2) is 27.6 Å². The molecule has 0 rings (SSSR count). The summed E-state index contributed by atoms with van der Waals surface area (Å²) in [6, 6.07) is -1.19. The highest BCUT2D eigenvalue weighted by atomic mass is 28.3. The number of alkyl halides is 2. The Bertz CT molecular complexity index is 171. The smallest absolute Gasteiger partial charge is 0.255 e. The summed E-state index contributed by atoms with van der Waals surface area (Å²) in [5, 5.41) is 0. The van der Waals surface area contributed by atoms with Crippen molar-refractivity contribution in [3.05, 3.63) is 0 Å². The van der Waals surface area contributed by atoms with Crippen molar-refractivity contribution < 1.29 is 13.2 Å². The van der Waals surface area contributed by atoms with E-state index in [0.29, 0.717) is 0 Å². The molecule has 0 aromatic rings. The molecule has 14 heavy (non-hydrogen) atoms. The number of hydrogen-bond donors (Lipinski definition) is 1. The predicted molar refractivity (Wildman–Crippen MR) is 57.2 cm³/mol. The SMILES string of the molecule is C[SiH](C)OC(C(N)C(F)F)C(C)(C)C. The minimum absolute atomic E-state index is 0.340. The Morgan fingerprint density at radius 2 is 1.64 bits per heavy atom. The van der Waals surface area contributed by atoms with E-state index in [-0.39, 0.29) is 5.41 Å². The third-order valence-corrected chi connectivity index (χ3v) is 2.75. The van der Waals surface area contributed by atoms with Crippen LogP contribution in [0.4, 0.5) is 8.78 Å². The van der Waals surface area contributed by atoms with Crippen molar-refractivity contribution in [3.63, 3.8) is 0 Å². The van der Waals surface area contributed by atoms with Gasteiger partial charge >= 0.3 is 0 Å². The molecule has 0 aromatic heterocycles. The average molecular weight is 225 g/mol. The topological polar surface area (TPSA) is 35.2 Å². The second kappa shape index (κ2) is 5.18. The highest BCUT2D eigenvalue weighted by Crippen LogP contribution is 2.27. The average Bonchev–Trinajstić information content (AvgIpc) is 1.96. The zero-order valence-corrected chi connectivity index (χ0v) is 10.7. The van der Waals surface area contributed by atoms with Crippen molar-refractivity contribution in [2.75, 3.05) is 0 Å². The summed E-state index contributed by atoms with van der Waals surface area (Å²) in [5.74, 6) is 0. The first-order valence-corrected chi connectivity index (χ1v) is 7.63. The normalized spacial score (nSPS) is 17.6. The molecule has 2 N–H and O–H groups in total. The maximum Gasteiger partial charge on any atom is 0.255 e. The summed E-state index contributed by atoms with van der Waals surface area (Å²) in [5.41, 5.74) is 5.10. The van der Waals surface area contributed by atoms with Gasteiger partial charge in [-0.15, -0.1) is 0 Å². The van der Waals surface area contributed by atoms with Crippen molar-refractivity contribution in [2.45, 2.75) is 52.4 Å². The maximum atomic E-state index is 12.5. The van der Waals surface area contributed by atoms with Crippen LogP contribution in [0.2, 0.25) is 13.1 Å². The molecule has 0 aliphatic heterocycles. The van der Waals surface area contributed by atoms with E-state index in [4.69, 9.17) is 10.2 Å². The van der Waals surface area contributed by atoms with Gasteiger partial charge in [-0.3, -0.25) is 0 Å². The quantitative estimate of drug-likeness (QED) is 0.743. The second-order valence-electron chi connectivity index (χ2n) is 4.88. The summed E-state index contributed by atoms with van der Waals surface area (Å²) >= 11 is 0. The zero-order chi connectivity index (χ0) is 11.5. The monoisotopic (exact) mass is 225 g/mol. The highest BCUT2D eigenvalue weighted by Gasteiger charge is 2.36. The van der Waals surface area contributed by atoms with Crippen molar-refractivity contribution in [2.24, 2.45) is 11.1 Å². The molecule has 2 nitrogen and oxygen atoms in total. The molecular weight excluding hydrogens is 204 g/mol. The van der Waals surface area contributed by atoms with Crippen LogP contribution in [0, 0.1) is 5.41 Å². The van der Waals surface area contributed by atoms with Gasteiger partial charge in [-0.1, -0.05) is 20.8 Å². The van der Waals surface area contributed by atoms with Gasteiger partial charge in [-0.05, 0) is 18.5 Å².